The number of hydrogen-bond donors (Lipinski definition) is 1. The average molecular weight is 369 g/mol. The number of piperazine rings is 1. The van der Waals surface area contributed by atoms with Gasteiger partial charge in [0, 0.05) is 39.3 Å². The molecule has 1 amide bonds. The molecule has 1 saturated heterocycles. The second-order valence-corrected chi connectivity index (χ2v) is 7.13. The van der Waals surface area contributed by atoms with E-state index in [1.807, 2.05) is 13.0 Å². The Labute approximate surface area is 161 Å². The summed E-state index contributed by atoms with van der Waals surface area (Å²) in [4.78, 5) is 17.1. The second-order valence-electron chi connectivity index (χ2n) is 7.13. The molecule has 0 spiro atoms. The molecule has 0 aliphatic carbocycles. The summed E-state index contributed by atoms with van der Waals surface area (Å²) >= 11 is 0. The van der Waals surface area contributed by atoms with Gasteiger partial charge in [0.15, 0.2) is 0 Å². The predicted molar refractivity (Wildman–Crippen MR) is 106 cm³/mol. The molecule has 0 radical (unpaired) electrons. The van der Waals surface area contributed by atoms with Crippen molar-refractivity contribution in [3.05, 3.63) is 71.5 Å². The first-order valence-electron chi connectivity index (χ1n) is 9.64. The monoisotopic (exact) mass is 369 g/mol. The van der Waals surface area contributed by atoms with Crippen LogP contribution in [0.15, 0.2) is 54.6 Å². The van der Waals surface area contributed by atoms with Crippen molar-refractivity contribution in [3.8, 4) is 0 Å². The number of carbonyl (C=O) groups is 1. The number of benzene rings is 2. The minimum absolute atomic E-state index is 0.0251. The van der Waals surface area contributed by atoms with E-state index in [1.54, 1.807) is 12.1 Å². The Morgan fingerprint density at radius 2 is 1.67 bits per heavy atom. The average Bonchev–Trinajstić information content (AvgIpc) is 2.72. The van der Waals surface area contributed by atoms with Gasteiger partial charge in [0.1, 0.15) is 5.82 Å². The number of halogens is 1. The van der Waals surface area contributed by atoms with Crippen molar-refractivity contribution in [1.82, 2.24) is 15.1 Å². The number of amides is 1. The van der Waals surface area contributed by atoms with Gasteiger partial charge in [-0.2, -0.15) is 0 Å². The van der Waals surface area contributed by atoms with Crippen LogP contribution in [-0.2, 0) is 17.8 Å². The SMILES string of the molecule is CC(C(=O)NCc1ccc(F)cc1)N1CCN(CCc2ccccc2)CC1. The van der Waals surface area contributed by atoms with Crippen LogP contribution >= 0.6 is 0 Å². The standard InChI is InChI=1S/C22H28FN3O/c1-18(22(27)24-17-20-7-9-21(23)10-8-20)26-15-13-25(14-16-26)12-11-19-5-3-2-4-6-19/h2-10,18H,11-17H2,1H3,(H,24,27). The summed E-state index contributed by atoms with van der Waals surface area (Å²) < 4.78 is 12.9. The van der Waals surface area contributed by atoms with Crippen molar-refractivity contribution in [2.45, 2.75) is 25.9 Å². The highest BCUT2D eigenvalue weighted by Gasteiger charge is 2.25. The summed E-state index contributed by atoms with van der Waals surface area (Å²) in [7, 11) is 0. The number of rotatable bonds is 7. The third kappa shape index (κ3) is 5.88. The lowest BCUT2D eigenvalue weighted by atomic mass is 10.1. The van der Waals surface area contributed by atoms with E-state index >= 15 is 0 Å². The van der Waals surface area contributed by atoms with Gasteiger partial charge >= 0.3 is 0 Å². The first-order valence-corrected chi connectivity index (χ1v) is 9.64. The highest BCUT2D eigenvalue weighted by Crippen LogP contribution is 2.09. The van der Waals surface area contributed by atoms with Gasteiger partial charge in [-0.3, -0.25) is 9.69 Å². The number of carbonyl (C=O) groups excluding carboxylic acids is 1. The number of nitrogens with zero attached hydrogens (tertiary/aromatic N) is 2. The molecule has 0 bridgehead atoms. The molecule has 1 atom stereocenters. The van der Waals surface area contributed by atoms with Crippen LogP contribution < -0.4 is 5.32 Å². The molecule has 3 rings (SSSR count). The zero-order valence-corrected chi connectivity index (χ0v) is 15.9. The first-order chi connectivity index (χ1) is 13.1. The van der Waals surface area contributed by atoms with Crippen molar-refractivity contribution in [1.29, 1.82) is 0 Å². The van der Waals surface area contributed by atoms with Crippen molar-refractivity contribution in [3.63, 3.8) is 0 Å². The molecule has 2 aromatic carbocycles. The smallest absolute Gasteiger partial charge is 0.237 e. The summed E-state index contributed by atoms with van der Waals surface area (Å²) in [5, 5.41) is 2.96. The summed E-state index contributed by atoms with van der Waals surface area (Å²) in [5.74, 6) is -0.236. The van der Waals surface area contributed by atoms with Crippen LogP contribution in [0.4, 0.5) is 4.39 Å². The first kappa shape index (κ1) is 19.5. The molecule has 4 nitrogen and oxygen atoms in total. The predicted octanol–water partition coefficient (Wildman–Crippen LogP) is 2.69. The van der Waals surface area contributed by atoms with Gasteiger partial charge in [-0.25, -0.2) is 4.39 Å². The van der Waals surface area contributed by atoms with Gasteiger partial charge in [0.05, 0.1) is 6.04 Å². The Morgan fingerprint density at radius 1 is 1.00 bits per heavy atom. The molecule has 2 aromatic rings. The van der Waals surface area contributed by atoms with Crippen molar-refractivity contribution < 1.29 is 9.18 Å². The fourth-order valence-electron chi connectivity index (χ4n) is 3.41. The molecule has 1 unspecified atom stereocenters. The van der Waals surface area contributed by atoms with E-state index in [4.69, 9.17) is 0 Å². The molecule has 144 valence electrons. The molecule has 0 aromatic heterocycles. The topological polar surface area (TPSA) is 35.6 Å². The van der Waals surface area contributed by atoms with E-state index in [1.165, 1.54) is 17.7 Å². The zero-order valence-electron chi connectivity index (χ0n) is 15.9. The minimum atomic E-state index is -0.261. The third-order valence-corrected chi connectivity index (χ3v) is 5.27. The quantitative estimate of drug-likeness (QED) is 0.815. The maximum atomic E-state index is 12.9. The molecule has 27 heavy (non-hydrogen) atoms. The summed E-state index contributed by atoms with van der Waals surface area (Å²) in [6.07, 6.45) is 1.06. The van der Waals surface area contributed by atoms with Gasteiger partial charge in [-0.1, -0.05) is 42.5 Å². The highest BCUT2D eigenvalue weighted by molar-refractivity contribution is 5.81. The van der Waals surface area contributed by atoms with E-state index in [0.717, 1.165) is 44.7 Å². The summed E-state index contributed by atoms with van der Waals surface area (Å²) in [5.41, 5.74) is 2.27. The molecule has 5 heteroatoms. The van der Waals surface area contributed by atoms with E-state index in [0.29, 0.717) is 6.54 Å². The lowest BCUT2D eigenvalue weighted by Crippen LogP contribution is -2.54. The van der Waals surface area contributed by atoms with Gasteiger partial charge in [0.25, 0.3) is 0 Å². The number of nitrogens with one attached hydrogen (secondary N) is 1. The fourth-order valence-corrected chi connectivity index (χ4v) is 3.41. The Balaban J connectivity index is 1.39. The molecule has 1 aliphatic rings. The number of hydrogen-bond acceptors (Lipinski definition) is 3. The molecule has 1 N–H and O–H groups in total. The normalized spacial score (nSPS) is 16.8. The van der Waals surface area contributed by atoms with E-state index in [-0.39, 0.29) is 17.8 Å². The largest absolute Gasteiger partial charge is 0.351 e. The van der Waals surface area contributed by atoms with E-state index in [2.05, 4.69) is 39.4 Å². The summed E-state index contributed by atoms with van der Waals surface area (Å²) in [6.45, 7) is 7.23. The van der Waals surface area contributed by atoms with Crippen LogP contribution in [0.3, 0.4) is 0 Å². The molecular weight excluding hydrogens is 341 g/mol. The summed E-state index contributed by atoms with van der Waals surface area (Å²) in [6, 6.07) is 16.6. The maximum absolute atomic E-state index is 12.9. The molecule has 1 aliphatic heterocycles. The van der Waals surface area contributed by atoms with Gasteiger partial charge in [-0.05, 0) is 36.6 Å². The molecular formula is C22H28FN3O. The van der Waals surface area contributed by atoms with Crippen molar-refractivity contribution in [2.24, 2.45) is 0 Å². The van der Waals surface area contributed by atoms with Gasteiger partial charge < -0.3 is 10.2 Å². The van der Waals surface area contributed by atoms with Crippen LogP contribution in [0.25, 0.3) is 0 Å². The van der Waals surface area contributed by atoms with Crippen molar-refractivity contribution in [2.75, 3.05) is 32.7 Å². The van der Waals surface area contributed by atoms with E-state index < -0.39 is 0 Å². The highest BCUT2D eigenvalue weighted by atomic mass is 19.1. The second kappa shape index (κ2) is 9.62. The lowest BCUT2D eigenvalue weighted by Gasteiger charge is -2.37. The van der Waals surface area contributed by atoms with Gasteiger partial charge in [-0.15, -0.1) is 0 Å². The Kier molecular flexibility index (Phi) is 6.96. The lowest BCUT2D eigenvalue weighted by molar-refractivity contribution is -0.126. The third-order valence-electron chi connectivity index (χ3n) is 5.27. The molecule has 1 fully saturated rings. The molecule has 1 heterocycles. The maximum Gasteiger partial charge on any atom is 0.237 e. The van der Waals surface area contributed by atoms with E-state index in [9.17, 15) is 9.18 Å². The minimum Gasteiger partial charge on any atom is -0.351 e. The van der Waals surface area contributed by atoms with Crippen molar-refractivity contribution >= 4 is 5.91 Å². The van der Waals surface area contributed by atoms with Crippen LogP contribution in [0.2, 0.25) is 0 Å². The molecule has 0 saturated carbocycles. The van der Waals surface area contributed by atoms with Crippen LogP contribution in [0, 0.1) is 5.82 Å². The Bertz CT molecular complexity index is 712. The zero-order chi connectivity index (χ0) is 19.1. The van der Waals surface area contributed by atoms with Crippen LogP contribution in [-0.4, -0.2) is 54.5 Å². The van der Waals surface area contributed by atoms with Gasteiger partial charge in [0.2, 0.25) is 5.91 Å². The van der Waals surface area contributed by atoms with Crippen LogP contribution in [0.1, 0.15) is 18.1 Å². The Morgan fingerprint density at radius 3 is 2.33 bits per heavy atom. The Hall–Kier alpha value is -2.24. The fraction of sp³-hybridized carbons (Fsp3) is 0.409. The van der Waals surface area contributed by atoms with Crippen LogP contribution in [0.5, 0.6) is 0 Å².